The zero-order valence-electron chi connectivity index (χ0n) is 18.1. The van der Waals surface area contributed by atoms with Crippen molar-refractivity contribution in [3.05, 3.63) is 72.8 Å². The first-order valence-electron chi connectivity index (χ1n) is 10.5. The second kappa shape index (κ2) is 10.2. The fourth-order valence-electron chi connectivity index (χ4n) is 3.43. The van der Waals surface area contributed by atoms with E-state index < -0.39 is 0 Å². The van der Waals surface area contributed by atoms with Crippen LogP contribution in [-0.2, 0) is 6.42 Å². The molecule has 0 unspecified atom stereocenters. The molecule has 0 atom stereocenters. The molecule has 0 radical (unpaired) electrons. The number of aromatic hydroxyl groups is 1. The van der Waals surface area contributed by atoms with E-state index in [-0.39, 0.29) is 5.75 Å². The number of thioether (sulfide) groups is 1. The standard InChI is InChI=1S/C25H26N4O2S/c1-3-32-21-7-4-17(5-8-21)19-12-22(18-6-9-23(30)24(13-18)31-2)29-25(14-19)27-11-10-20-15-26-16-28-20/h4-9,12-16,30H,3,10-11H2,1-2H3,(H,26,28)(H,27,29). The molecule has 3 N–H and O–H groups in total. The van der Waals surface area contributed by atoms with E-state index in [1.54, 1.807) is 25.6 Å². The van der Waals surface area contributed by atoms with Crippen molar-refractivity contribution in [1.82, 2.24) is 15.0 Å². The van der Waals surface area contributed by atoms with Gasteiger partial charge in [-0.3, -0.25) is 0 Å². The number of anilines is 1. The Morgan fingerprint density at radius 3 is 2.56 bits per heavy atom. The van der Waals surface area contributed by atoms with Crippen molar-refractivity contribution >= 4 is 17.6 Å². The molecule has 164 valence electrons. The van der Waals surface area contributed by atoms with Gasteiger partial charge in [-0.25, -0.2) is 9.97 Å². The van der Waals surface area contributed by atoms with Gasteiger partial charge in [-0.1, -0.05) is 19.1 Å². The fourth-order valence-corrected chi connectivity index (χ4v) is 4.09. The summed E-state index contributed by atoms with van der Waals surface area (Å²) in [6, 6.07) is 18.0. The van der Waals surface area contributed by atoms with Gasteiger partial charge in [-0.05, 0) is 59.3 Å². The van der Waals surface area contributed by atoms with Gasteiger partial charge in [0.2, 0.25) is 0 Å². The maximum atomic E-state index is 9.98. The molecule has 2 heterocycles. The summed E-state index contributed by atoms with van der Waals surface area (Å²) in [5, 5.41) is 13.4. The van der Waals surface area contributed by atoms with Crippen LogP contribution in [0, 0.1) is 0 Å². The highest BCUT2D eigenvalue weighted by atomic mass is 32.2. The molecule has 2 aromatic heterocycles. The SMILES string of the molecule is CCSc1ccc(-c2cc(NCCc3cnc[nH]3)nc(-c3ccc(O)c(OC)c3)c2)cc1. The van der Waals surface area contributed by atoms with Gasteiger partial charge in [0.05, 0.1) is 19.1 Å². The van der Waals surface area contributed by atoms with Crippen molar-refractivity contribution in [3.63, 3.8) is 0 Å². The minimum Gasteiger partial charge on any atom is -0.504 e. The van der Waals surface area contributed by atoms with Crippen LogP contribution in [0.3, 0.4) is 0 Å². The van der Waals surface area contributed by atoms with E-state index in [0.29, 0.717) is 5.75 Å². The van der Waals surface area contributed by atoms with Crippen LogP contribution in [0.25, 0.3) is 22.4 Å². The summed E-state index contributed by atoms with van der Waals surface area (Å²) in [6.45, 7) is 2.88. The van der Waals surface area contributed by atoms with Crippen molar-refractivity contribution in [2.75, 3.05) is 24.7 Å². The van der Waals surface area contributed by atoms with Crippen LogP contribution >= 0.6 is 11.8 Å². The number of aromatic amines is 1. The topological polar surface area (TPSA) is 83.1 Å². The highest BCUT2D eigenvalue weighted by Crippen LogP contribution is 2.34. The molecule has 0 aliphatic carbocycles. The first-order chi connectivity index (χ1) is 15.7. The van der Waals surface area contributed by atoms with Crippen LogP contribution in [0.1, 0.15) is 12.6 Å². The third-order valence-electron chi connectivity index (χ3n) is 5.05. The summed E-state index contributed by atoms with van der Waals surface area (Å²) >= 11 is 1.83. The van der Waals surface area contributed by atoms with Gasteiger partial charge in [0.1, 0.15) is 5.82 Å². The molecule has 0 amide bonds. The van der Waals surface area contributed by atoms with Crippen molar-refractivity contribution in [2.24, 2.45) is 0 Å². The second-order valence-electron chi connectivity index (χ2n) is 7.22. The number of nitrogens with one attached hydrogen (secondary N) is 2. The van der Waals surface area contributed by atoms with Crippen LogP contribution in [0.15, 0.2) is 72.0 Å². The summed E-state index contributed by atoms with van der Waals surface area (Å²) < 4.78 is 5.29. The molecule has 6 nitrogen and oxygen atoms in total. The van der Waals surface area contributed by atoms with Crippen molar-refractivity contribution in [1.29, 1.82) is 0 Å². The van der Waals surface area contributed by atoms with Crippen LogP contribution in [-0.4, -0.2) is 39.5 Å². The summed E-state index contributed by atoms with van der Waals surface area (Å²) in [4.78, 5) is 13.3. The lowest BCUT2D eigenvalue weighted by molar-refractivity contribution is 0.373. The number of hydrogen-bond acceptors (Lipinski definition) is 6. The van der Waals surface area contributed by atoms with Crippen LogP contribution in [0.5, 0.6) is 11.5 Å². The molecule has 2 aromatic carbocycles. The number of imidazole rings is 1. The molecule has 0 bridgehead atoms. The fraction of sp³-hybridized carbons (Fsp3) is 0.200. The Kier molecular flexibility index (Phi) is 6.97. The predicted octanol–water partition coefficient (Wildman–Crippen LogP) is 5.62. The molecular formula is C25H26N4O2S. The molecule has 0 fully saturated rings. The number of phenols is 1. The zero-order valence-corrected chi connectivity index (χ0v) is 18.9. The number of aromatic nitrogens is 3. The van der Waals surface area contributed by atoms with Gasteiger partial charge in [0, 0.05) is 35.3 Å². The molecule has 4 rings (SSSR count). The number of hydrogen-bond donors (Lipinski definition) is 3. The Hall–Kier alpha value is -3.45. The minimum absolute atomic E-state index is 0.106. The smallest absolute Gasteiger partial charge is 0.161 e. The van der Waals surface area contributed by atoms with Crippen molar-refractivity contribution in [3.8, 4) is 33.9 Å². The molecule has 4 aromatic rings. The monoisotopic (exact) mass is 446 g/mol. The number of benzene rings is 2. The van der Waals surface area contributed by atoms with Crippen molar-refractivity contribution < 1.29 is 9.84 Å². The Balaban J connectivity index is 1.67. The van der Waals surface area contributed by atoms with Crippen LogP contribution in [0.4, 0.5) is 5.82 Å². The van der Waals surface area contributed by atoms with Gasteiger partial charge in [-0.2, -0.15) is 0 Å². The zero-order chi connectivity index (χ0) is 22.3. The second-order valence-corrected chi connectivity index (χ2v) is 8.56. The van der Waals surface area contributed by atoms with Gasteiger partial charge < -0.3 is 20.1 Å². The normalized spacial score (nSPS) is 10.8. The lowest BCUT2D eigenvalue weighted by Gasteiger charge is -2.13. The predicted molar refractivity (Wildman–Crippen MR) is 131 cm³/mol. The Bertz CT molecular complexity index is 1160. The Morgan fingerprint density at radius 1 is 1.03 bits per heavy atom. The molecule has 0 aliphatic heterocycles. The first-order valence-corrected chi connectivity index (χ1v) is 11.5. The van der Waals surface area contributed by atoms with Gasteiger partial charge in [-0.15, -0.1) is 11.8 Å². The Labute approximate surface area is 192 Å². The molecular weight excluding hydrogens is 420 g/mol. The number of nitrogens with zero attached hydrogens (tertiary/aromatic N) is 2. The van der Waals surface area contributed by atoms with Gasteiger partial charge in [0.15, 0.2) is 11.5 Å². The highest BCUT2D eigenvalue weighted by Gasteiger charge is 2.10. The third kappa shape index (κ3) is 5.23. The third-order valence-corrected chi connectivity index (χ3v) is 5.95. The van der Waals surface area contributed by atoms with E-state index in [9.17, 15) is 5.11 Å². The molecule has 0 aliphatic rings. The highest BCUT2D eigenvalue weighted by molar-refractivity contribution is 7.99. The summed E-state index contributed by atoms with van der Waals surface area (Å²) in [5.74, 6) is 2.36. The van der Waals surface area contributed by atoms with E-state index >= 15 is 0 Å². The Morgan fingerprint density at radius 2 is 1.84 bits per heavy atom. The number of pyridine rings is 1. The maximum Gasteiger partial charge on any atom is 0.161 e. The lowest BCUT2D eigenvalue weighted by atomic mass is 10.0. The average molecular weight is 447 g/mol. The molecule has 7 heteroatoms. The van der Waals surface area contributed by atoms with E-state index in [1.807, 2.05) is 24.0 Å². The van der Waals surface area contributed by atoms with Gasteiger partial charge >= 0.3 is 0 Å². The maximum absolute atomic E-state index is 9.98. The van der Waals surface area contributed by atoms with E-state index in [0.717, 1.165) is 52.6 Å². The number of phenolic OH excluding ortho intramolecular Hbond substituents is 1. The number of rotatable bonds is 9. The van der Waals surface area contributed by atoms with Crippen molar-refractivity contribution in [2.45, 2.75) is 18.2 Å². The van der Waals surface area contributed by atoms with Crippen LogP contribution < -0.4 is 10.1 Å². The number of ether oxygens (including phenoxy) is 1. The lowest BCUT2D eigenvalue weighted by Crippen LogP contribution is -2.07. The van der Waals surface area contributed by atoms with E-state index in [4.69, 9.17) is 9.72 Å². The molecule has 0 saturated heterocycles. The van der Waals surface area contributed by atoms with Gasteiger partial charge in [0.25, 0.3) is 0 Å². The molecule has 0 saturated carbocycles. The van der Waals surface area contributed by atoms with E-state index in [1.165, 1.54) is 4.90 Å². The summed E-state index contributed by atoms with van der Waals surface area (Å²) in [5.41, 5.74) is 4.94. The quantitative estimate of drug-likeness (QED) is 0.290. The minimum atomic E-state index is 0.106. The number of H-pyrrole nitrogens is 1. The molecule has 0 spiro atoms. The van der Waals surface area contributed by atoms with Crippen LogP contribution in [0.2, 0.25) is 0 Å². The number of methoxy groups -OCH3 is 1. The summed E-state index contributed by atoms with van der Waals surface area (Å²) in [6.07, 6.45) is 4.33. The molecule has 32 heavy (non-hydrogen) atoms. The summed E-state index contributed by atoms with van der Waals surface area (Å²) in [7, 11) is 1.54. The average Bonchev–Trinajstić information content (AvgIpc) is 3.33. The first kappa shape index (κ1) is 21.8. The van der Waals surface area contributed by atoms with E-state index in [2.05, 4.69) is 58.6 Å². The largest absolute Gasteiger partial charge is 0.504 e.